The van der Waals surface area contributed by atoms with Crippen molar-refractivity contribution < 1.29 is 19.1 Å². The lowest BCUT2D eigenvalue weighted by Crippen LogP contribution is -2.37. The Kier molecular flexibility index (Phi) is 5.76. The second kappa shape index (κ2) is 8.16. The Morgan fingerprint density at radius 1 is 0.667 bits per heavy atom. The van der Waals surface area contributed by atoms with E-state index in [9.17, 15) is 9.59 Å². The summed E-state index contributed by atoms with van der Waals surface area (Å²) in [6.45, 7) is 16.1. The molecule has 4 atom stereocenters. The van der Waals surface area contributed by atoms with Crippen LogP contribution in [-0.4, -0.2) is 11.9 Å². The third-order valence-electron chi connectivity index (χ3n) is 7.90. The molecule has 4 heteroatoms. The van der Waals surface area contributed by atoms with Crippen molar-refractivity contribution in [2.75, 3.05) is 0 Å². The summed E-state index contributed by atoms with van der Waals surface area (Å²) in [4.78, 5) is 27.1. The first-order valence-electron chi connectivity index (χ1n) is 11.7. The molecular formula is C29H34O4. The van der Waals surface area contributed by atoms with Gasteiger partial charge in [0.2, 0.25) is 0 Å². The highest BCUT2D eigenvalue weighted by molar-refractivity contribution is 5.87. The van der Waals surface area contributed by atoms with Crippen LogP contribution in [-0.2, 0) is 9.59 Å². The van der Waals surface area contributed by atoms with Crippen LogP contribution in [0.3, 0.4) is 0 Å². The molecule has 4 unspecified atom stereocenters. The first-order valence-corrected chi connectivity index (χ1v) is 11.7. The van der Waals surface area contributed by atoms with Crippen LogP contribution in [0.15, 0.2) is 36.4 Å². The standard InChI is InChI=1S/C29H34O4/c1-15-11-17(3)19(5)23(13-15)32-27(30)25-21-9-10-22(29(21,7)8)26(25)28(31)33-24-14-16(2)12-18(4)20(24)6/h9-14,21-22,25-26H,1-8H3. The third-order valence-corrected chi connectivity index (χ3v) is 7.90. The Bertz CT molecular complexity index is 1080. The summed E-state index contributed by atoms with van der Waals surface area (Å²) in [6.07, 6.45) is 4.16. The molecule has 2 aliphatic rings. The monoisotopic (exact) mass is 446 g/mol. The Morgan fingerprint density at radius 2 is 1.03 bits per heavy atom. The number of esters is 2. The van der Waals surface area contributed by atoms with Crippen molar-refractivity contribution >= 4 is 11.9 Å². The van der Waals surface area contributed by atoms with Gasteiger partial charge in [0.05, 0.1) is 11.8 Å². The molecular weight excluding hydrogens is 412 g/mol. The van der Waals surface area contributed by atoms with Gasteiger partial charge in [-0.2, -0.15) is 0 Å². The first-order chi connectivity index (χ1) is 15.4. The Balaban J connectivity index is 1.66. The van der Waals surface area contributed by atoms with Crippen LogP contribution in [0, 0.1) is 70.6 Å². The number of hydrogen-bond acceptors (Lipinski definition) is 4. The lowest BCUT2D eigenvalue weighted by molar-refractivity contribution is -0.151. The fraction of sp³-hybridized carbons (Fsp3) is 0.448. The zero-order valence-corrected chi connectivity index (χ0v) is 20.9. The van der Waals surface area contributed by atoms with Crippen LogP contribution in [0.5, 0.6) is 11.5 Å². The molecule has 0 heterocycles. The number of carbonyl (C=O) groups excluding carboxylic acids is 2. The van der Waals surface area contributed by atoms with E-state index in [0.29, 0.717) is 11.5 Å². The van der Waals surface area contributed by atoms with Crippen LogP contribution in [0.4, 0.5) is 0 Å². The van der Waals surface area contributed by atoms with Gasteiger partial charge in [0.25, 0.3) is 0 Å². The van der Waals surface area contributed by atoms with Crippen molar-refractivity contribution in [2.45, 2.75) is 55.4 Å². The van der Waals surface area contributed by atoms with Crippen LogP contribution >= 0.6 is 0 Å². The summed E-state index contributed by atoms with van der Waals surface area (Å²) in [5.41, 5.74) is 5.89. The Hall–Kier alpha value is -2.88. The highest BCUT2D eigenvalue weighted by Crippen LogP contribution is 2.60. The maximum absolute atomic E-state index is 13.5. The molecule has 0 amide bonds. The third kappa shape index (κ3) is 3.90. The van der Waals surface area contributed by atoms with Crippen molar-refractivity contribution in [3.8, 4) is 11.5 Å². The van der Waals surface area contributed by atoms with Gasteiger partial charge >= 0.3 is 11.9 Å². The molecule has 4 rings (SSSR count). The zero-order chi connectivity index (χ0) is 24.2. The predicted octanol–water partition coefficient (Wildman–Crippen LogP) is 6.12. The average molecular weight is 447 g/mol. The second-order valence-electron chi connectivity index (χ2n) is 10.6. The van der Waals surface area contributed by atoms with Crippen molar-refractivity contribution in [1.82, 2.24) is 0 Å². The summed E-state index contributed by atoms with van der Waals surface area (Å²) in [5, 5.41) is 0. The molecule has 0 saturated heterocycles. The van der Waals surface area contributed by atoms with E-state index in [0.717, 1.165) is 33.4 Å². The number of ether oxygens (including phenoxy) is 2. The lowest BCUT2D eigenvalue weighted by Gasteiger charge is -2.25. The molecule has 2 aromatic rings. The van der Waals surface area contributed by atoms with Crippen LogP contribution in [0.2, 0.25) is 0 Å². The average Bonchev–Trinajstić information content (AvgIpc) is 3.14. The largest absolute Gasteiger partial charge is 0.426 e. The summed E-state index contributed by atoms with van der Waals surface area (Å²) < 4.78 is 11.9. The molecule has 1 saturated carbocycles. The van der Waals surface area contributed by atoms with E-state index < -0.39 is 11.8 Å². The second-order valence-corrected chi connectivity index (χ2v) is 10.6. The normalized spacial score (nSPS) is 24.7. The zero-order valence-electron chi connectivity index (χ0n) is 20.9. The van der Waals surface area contributed by atoms with E-state index >= 15 is 0 Å². The van der Waals surface area contributed by atoms with E-state index in [1.165, 1.54) is 0 Å². The maximum atomic E-state index is 13.5. The molecule has 33 heavy (non-hydrogen) atoms. The molecule has 0 aliphatic heterocycles. The quantitative estimate of drug-likeness (QED) is 0.322. The Morgan fingerprint density at radius 3 is 1.39 bits per heavy atom. The molecule has 4 nitrogen and oxygen atoms in total. The highest BCUT2D eigenvalue weighted by Gasteiger charge is 2.62. The summed E-state index contributed by atoms with van der Waals surface area (Å²) in [7, 11) is 0. The first kappa shape index (κ1) is 23.3. The van der Waals surface area contributed by atoms with Crippen LogP contribution in [0.1, 0.15) is 47.2 Å². The van der Waals surface area contributed by atoms with Crippen molar-refractivity contribution in [3.05, 3.63) is 69.8 Å². The van der Waals surface area contributed by atoms with E-state index in [1.54, 1.807) is 0 Å². The van der Waals surface area contributed by atoms with Crippen molar-refractivity contribution in [2.24, 2.45) is 29.1 Å². The number of allylic oxidation sites excluding steroid dienone is 2. The fourth-order valence-electron chi connectivity index (χ4n) is 5.72. The van der Waals surface area contributed by atoms with Crippen LogP contribution < -0.4 is 9.47 Å². The molecule has 0 radical (unpaired) electrons. The van der Waals surface area contributed by atoms with E-state index in [1.807, 2.05) is 53.7 Å². The minimum absolute atomic E-state index is 0.0703. The number of carbonyl (C=O) groups is 2. The minimum atomic E-state index is -0.575. The van der Waals surface area contributed by atoms with Gasteiger partial charge in [0.1, 0.15) is 11.5 Å². The molecule has 0 spiro atoms. The van der Waals surface area contributed by atoms with Gasteiger partial charge in [-0.05, 0) is 104 Å². The van der Waals surface area contributed by atoms with E-state index in [-0.39, 0.29) is 29.2 Å². The number of benzene rings is 2. The summed E-state index contributed by atoms with van der Waals surface area (Å²) in [6, 6.07) is 7.92. The number of aryl methyl sites for hydroxylation is 4. The molecule has 2 bridgehead atoms. The molecule has 1 fully saturated rings. The van der Waals surface area contributed by atoms with E-state index in [4.69, 9.17) is 9.47 Å². The SMILES string of the molecule is Cc1cc(C)c(C)c(OC(=O)C2C(C(=O)Oc3cc(C)cc(C)c3C)C3C=CC2C3(C)C)c1. The van der Waals surface area contributed by atoms with Gasteiger partial charge in [0.15, 0.2) is 0 Å². The smallest absolute Gasteiger partial charge is 0.315 e. The highest BCUT2D eigenvalue weighted by atomic mass is 16.5. The number of fused-ring (bicyclic) bond motifs is 2. The Labute approximate surface area is 197 Å². The molecule has 2 aromatic carbocycles. The summed E-state index contributed by atoms with van der Waals surface area (Å²) >= 11 is 0. The van der Waals surface area contributed by atoms with Gasteiger partial charge in [-0.3, -0.25) is 9.59 Å². The van der Waals surface area contributed by atoms with Crippen molar-refractivity contribution in [3.63, 3.8) is 0 Å². The lowest BCUT2D eigenvalue weighted by atomic mass is 9.79. The van der Waals surface area contributed by atoms with E-state index in [2.05, 4.69) is 38.1 Å². The van der Waals surface area contributed by atoms with Gasteiger partial charge < -0.3 is 9.47 Å². The topological polar surface area (TPSA) is 52.6 Å². The molecule has 2 aliphatic carbocycles. The molecule has 0 aromatic heterocycles. The molecule has 174 valence electrons. The maximum Gasteiger partial charge on any atom is 0.315 e. The minimum Gasteiger partial charge on any atom is -0.426 e. The fourth-order valence-corrected chi connectivity index (χ4v) is 5.72. The van der Waals surface area contributed by atoms with Gasteiger partial charge in [0, 0.05) is 0 Å². The predicted molar refractivity (Wildman–Crippen MR) is 129 cm³/mol. The van der Waals surface area contributed by atoms with Gasteiger partial charge in [-0.25, -0.2) is 0 Å². The number of hydrogen-bond donors (Lipinski definition) is 0. The van der Waals surface area contributed by atoms with Crippen LogP contribution in [0.25, 0.3) is 0 Å². The van der Waals surface area contributed by atoms with Gasteiger partial charge in [-0.1, -0.05) is 38.1 Å². The number of rotatable bonds is 4. The van der Waals surface area contributed by atoms with Gasteiger partial charge in [-0.15, -0.1) is 0 Å². The van der Waals surface area contributed by atoms with Crippen molar-refractivity contribution in [1.29, 1.82) is 0 Å². The summed E-state index contributed by atoms with van der Waals surface area (Å²) in [5.74, 6) is -0.862. The molecule has 0 N–H and O–H groups in total.